The van der Waals surface area contributed by atoms with E-state index in [1.165, 1.54) is 88.5 Å². The van der Waals surface area contributed by atoms with Crippen molar-refractivity contribution in [3.05, 3.63) is 59.2 Å². The molecule has 0 radical (unpaired) electrons. The van der Waals surface area contributed by atoms with Crippen molar-refractivity contribution in [2.24, 2.45) is 17.8 Å². The van der Waals surface area contributed by atoms with Crippen molar-refractivity contribution in [1.82, 2.24) is 4.90 Å². The molecule has 1 aromatic rings. The van der Waals surface area contributed by atoms with Gasteiger partial charge in [0.1, 0.15) is 0 Å². The lowest BCUT2D eigenvalue weighted by Crippen LogP contribution is -2.27. The van der Waals surface area contributed by atoms with Crippen molar-refractivity contribution in [2.45, 2.75) is 104 Å². The first kappa shape index (κ1) is 27.2. The van der Waals surface area contributed by atoms with E-state index in [2.05, 4.69) is 68.2 Å². The van der Waals surface area contributed by atoms with E-state index in [0.29, 0.717) is 17.8 Å². The lowest BCUT2D eigenvalue weighted by Gasteiger charge is -2.22. The first-order valence-corrected chi connectivity index (χ1v) is 14.4. The monoisotopic (exact) mass is 465 g/mol. The zero-order valence-electron chi connectivity index (χ0n) is 22.4. The number of aliphatic hydroxyl groups excluding tert-OH is 1. The van der Waals surface area contributed by atoms with Crippen LogP contribution >= 0.6 is 0 Å². The molecule has 0 unspecified atom stereocenters. The molecule has 0 aliphatic heterocycles. The van der Waals surface area contributed by atoms with Crippen molar-refractivity contribution in [3.63, 3.8) is 0 Å². The van der Waals surface area contributed by atoms with Crippen LogP contribution in [0.4, 0.5) is 0 Å². The summed E-state index contributed by atoms with van der Waals surface area (Å²) in [6, 6.07) is 8.83. The molecule has 1 N–H and O–H groups in total. The summed E-state index contributed by atoms with van der Waals surface area (Å²) in [6.45, 7) is 10.6. The van der Waals surface area contributed by atoms with E-state index >= 15 is 0 Å². The number of hydrogen-bond acceptors (Lipinski definition) is 2. The fourth-order valence-electron chi connectivity index (χ4n) is 6.12. The maximum atomic E-state index is 10.7. The number of aryl methyl sites for hydroxylation is 2. The van der Waals surface area contributed by atoms with E-state index in [0.717, 1.165) is 19.3 Å². The molecule has 1 fully saturated rings. The third kappa shape index (κ3) is 8.68. The Bertz CT molecular complexity index is 758. The molecule has 0 amide bonds. The molecule has 2 aliphatic rings. The summed E-state index contributed by atoms with van der Waals surface area (Å²) in [6.07, 6.45) is 22.0. The minimum atomic E-state index is -0.153. The maximum Gasteiger partial charge on any atom is 0.0611 e. The molecule has 0 spiro atoms. The Hall–Kier alpha value is -1.38. The van der Waals surface area contributed by atoms with E-state index in [9.17, 15) is 5.11 Å². The topological polar surface area (TPSA) is 23.5 Å². The second-order valence-electron chi connectivity index (χ2n) is 11.1. The van der Waals surface area contributed by atoms with Crippen LogP contribution in [0.1, 0.15) is 95.6 Å². The molecular formula is C32H51NO. The smallest absolute Gasteiger partial charge is 0.0611 e. The summed E-state index contributed by atoms with van der Waals surface area (Å²) in [7, 11) is 0. The highest BCUT2D eigenvalue weighted by Crippen LogP contribution is 2.48. The van der Waals surface area contributed by atoms with Gasteiger partial charge in [-0.25, -0.2) is 0 Å². The van der Waals surface area contributed by atoms with Crippen LogP contribution < -0.4 is 0 Å². The number of hydrogen-bond donors (Lipinski definition) is 1. The molecule has 0 heterocycles. The maximum absolute atomic E-state index is 10.7. The van der Waals surface area contributed by atoms with Crippen LogP contribution in [-0.2, 0) is 6.42 Å². The van der Waals surface area contributed by atoms with E-state index in [1.807, 2.05) is 0 Å². The zero-order chi connectivity index (χ0) is 24.2. The largest absolute Gasteiger partial charge is 0.392 e. The molecule has 0 saturated heterocycles. The standard InChI is InChI=1S/C32H51NO/c1-4-6-19-33(20-7-5-2)21-12-8-9-16-28-23-29-25-32(34)30(31(29)24-28)18-11-10-15-27-17-13-14-26(3)22-27/h11,13-14,17-18,22-23,29-32,34H,4-10,12,15-16,19-21,24-25H2,1-3H3/b18-11+/t29-,30+,31-,32+/m0/s1. The van der Waals surface area contributed by atoms with Crippen molar-refractivity contribution >= 4 is 0 Å². The summed E-state index contributed by atoms with van der Waals surface area (Å²) in [4.78, 5) is 2.70. The number of benzene rings is 1. The van der Waals surface area contributed by atoms with Crippen molar-refractivity contribution in [2.75, 3.05) is 19.6 Å². The molecule has 34 heavy (non-hydrogen) atoms. The number of aliphatic hydroxyl groups is 1. The molecule has 3 rings (SSSR count). The zero-order valence-corrected chi connectivity index (χ0v) is 22.4. The average Bonchev–Trinajstić information content (AvgIpc) is 3.34. The van der Waals surface area contributed by atoms with Gasteiger partial charge >= 0.3 is 0 Å². The van der Waals surface area contributed by atoms with E-state index in [4.69, 9.17) is 0 Å². The number of rotatable bonds is 16. The molecule has 0 bridgehead atoms. The molecule has 1 aromatic carbocycles. The predicted molar refractivity (Wildman–Crippen MR) is 147 cm³/mol. The fraction of sp³-hybridized carbons (Fsp3) is 0.688. The fourth-order valence-corrected chi connectivity index (χ4v) is 6.12. The Labute approximate surface area is 210 Å². The highest BCUT2D eigenvalue weighted by Gasteiger charge is 2.43. The van der Waals surface area contributed by atoms with Gasteiger partial charge in [-0.15, -0.1) is 0 Å². The van der Waals surface area contributed by atoms with Crippen LogP contribution in [0.15, 0.2) is 48.1 Å². The molecule has 2 heteroatoms. The Morgan fingerprint density at radius 2 is 1.74 bits per heavy atom. The van der Waals surface area contributed by atoms with E-state index < -0.39 is 0 Å². The van der Waals surface area contributed by atoms with Gasteiger partial charge in [0.05, 0.1) is 6.10 Å². The Balaban J connectivity index is 1.35. The number of allylic oxidation sites excluding steroid dienone is 3. The third-order valence-corrected chi connectivity index (χ3v) is 8.12. The normalized spacial score (nSPS) is 24.3. The summed E-state index contributed by atoms with van der Waals surface area (Å²) < 4.78 is 0. The molecule has 190 valence electrons. The summed E-state index contributed by atoms with van der Waals surface area (Å²) in [5.74, 6) is 1.59. The lowest BCUT2D eigenvalue weighted by molar-refractivity contribution is 0.141. The molecule has 4 atom stereocenters. The van der Waals surface area contributed by atoms with Crippen LogP contribution in [0.2, 0.25) is 0 Å². The van der Waals surface area contributed by atoms with Gasteiger partial charge in [-0.2, -0.15) is 0 Å². The quantitative estimate of drug-likeness (QED) is 0.198. The van der Waals surface area contributed by atoms with Gasteiger partial charge in [0, 0.05) is 5.92 Å². The first-order chi connectivity index (χ1) is 16.6. The number of fused-ring (bicyclic) bond motifs is 1. The van der Waals surface area contributed by atoms with Crippen LogP contribution in [0, 0.1) is 24.7 Å². The Morgan fingerprint density at radius 3 is 2.47 bits per heavy atom. The second kappa shape index (κ2) is 14.9. The lowest BCUT2D eigenvalue weighted by atomic mass is 9.88. The van der Waals surface area contributed by atoms with E-state index in [-0.39, 0.29) is 6.10 Å². The van der Waals surface area contributed by atoms with Gasteiger partial charge in [-0.1, -0.05) is 86.7 Å². The SMILES string of the molecule is CCCCN(CCCC)CCCCCC1=C[C@H]2C[C@@H](O)[C@H](/C=C/CCc3cccc(C)c3)[C@H]2C1. The van der Waals surface area contributed by atoms with Crippen LogP contribution in [0.3, 0.4) is 0 Å². The average molecular weight is 466 g/mol. The van der Waals surface area contributed by atoms with Gasteiger partial charge in [0.15, 0.2) is 0 Å². The molecular weight excluding hydrogens is 414 g/mol. The molecule has 2 nitrogen and oxygen atoms in total. The number of nitrogens with zero attached hydrogens (tertiary/aromatic N) is 1. The van der Waals surface area contributed by atoms with Crippen LogP contribution in [-0.4, -0.2) is 35.7 Å². The summed E-state index contributed by atoms with van der Waals surface area (Å²) in [5.41, 5.74) is 4.43. The van der Waals surface area contributed by atoms with Crippen molar-refractivity contribution in [3.8, 4) is 0 Å². The Kier molecular flexibility index (Phi) is 11.9. The van der Waals surface area contributed by atoms with Crippen LogP contribution in [0.25, 0.3) is 0 Å². The minimum absolute atomic E-state index is 0.153. The predicted octanol–water partition coefficient (Wildman–Crippen LogP) is 7.89. The van der Waals surface area contributed by atoms with Gasteiger partial charge < -0.3 is 10.0 Å². The highest BCUT2D eigenvalue weighted by atomic mass is 16.3. The van der Waals surface area contributed by atoms with Crippen molar-refractivity contribution in [1.29, 1.82) is 0 Å². The molecule has 0 aromatic heterocycles. The van der Waals surface area contributed by atoms with Gasteiger partial charge in [0.25, 0.3) is 0 Å². The van der Waals surface area contributed by atoms with Crippen LogP contribution in [0.5, 0.6) is 0 Å². The Morgan fingerprint density at radius 1 is 0.971 bits per heavy atom. The minimum Gasteiger partial charge on any atom is -0.392 e. The van der Waals surface area contributed by atoms with Gasteiger partial charge in [0.2, 0.25) is 0 Å². The number of unbranched alkanes of at least 4 members (excludes halogenated alkanes) is 4. The summed E-state index contributed by atoms with van der Waals surface area (Å²) in [5, 5.41) is 10.7. The van der Waals surface area contributed by atoms with Gasteiger partial charge in [-0.3, -0.25) is 0 Å². The van der Waals surface area contributed by atoms with E-state index in [1.54, 1.807) is 5.57 Å². The first-order valence-electron chi connectivity index (χ1n) is 14.4. The van der Waals surface area contributed by atoms with Crippen molar-refractivity contribution < 1.29 is 5.11 Å². The highest BCUT2D eigenvalue weighted by molar-refractivity contribution is 5.23. The van der Waals surface area contributed by atoms with Gasteiger partial charge in [-0.05, 0) is 102 Å². The second-order valence-corrected chi connectivity index (χ2v) is 11.1. The molecule has 1 saturated carbocycles. The molecule has 2 aliphatic carbocycles. The third-order valence-electron chi connectivity index (χ3n) is 8.12. The summed E-state index contributed by atoms with van der Waals surface area (Å²) >= 11 is 0.